The topological polar surface area (TPSA) is 287 Å². The number of aliphatic hydroxyl groups excluding tert-OH is 8. The van der Waals surface area contributed by atoms with Crippen LogP contribution < -0.4 is 0 Å². The quantitative estimate of drug-likeness (QED) is 0.126. The van der Waals surface area contributed by atoms with Crippen LogP contribution in [-0.2, 0) is 31.3 Å². The SMILES string of the molecule is O=CC(O)C(O)C(O)C(O)COC1OC(CO)C(O)C(O)C1O.[Fe+3].[OH-].[OH-].[OH-]. The number of carbonyl (C=O) groups excluding carboxylic acids is 1. The zero-order chi connectivity index (χ0) is 17.7. The summed E-state index contributed by atoms with van der Waals surface area (Å²) in [6, 6.07) is 0. The van der Waals surface area contributed by atoms with Crippen molar-refractivity contribution in [3.05, 3.63) is 0 Å². The summed E-state index contributed by atoms with van der Waals surface area (Å²) in [5.74, 6) is 0. The maximum absolute atomic E-state index is 10.3. The van der Waals surface area contributed by atoms with E-state index in [1.54, 1.807) is 0 Å². The summed E-state index contributed by atoms with van der Waals surface area (Å²) >= 11 is 0. The van der Waals surface area contributed by atoms with Crippen LogP contribution in [0.25, 0.3) is 0 Å². The molecule has 0 saturated carbocycles. The summed E-state index contributed by atoms with van der Waals surface area (Å²) in [6.45, 7) is -1.37. The van der Waals surface area contributed by atoms with Crippen LogP contribution in [0.4, 0.5) is 0 Å². The van der Waals surface area contributed by atoms with Gasteiger partial charge in [0.2, 0.25) is 0 Å². The van der Waals surface area contributed by atoms with Crippen LogP contribution in [0, 0.1) is 0 Å². The predicted molar refractivity (Wildman–Crippen MR) is 75.6 cm³/mol. The van der Waals surface area contributed by atoms with E-state index < -0.39 is 68.3 Å². The minimum absolute atomic E-state index is 0. The van der Waals surface area contributed by atoms with E-state index in [1.165, 1.54) is 0 Å². The number of hydrogen-bond acceptors (Lipinski definition) is 14. The minimum Gasteiger partial charge on any atom is -0.870 e. The molecular formula is C12H25FeO14. The smallest absolute Gasteiger partial charge is 0.870 e. The van der Waals surface area contributed by atoms with Gasteiger partial charge in [0.05, 0.1) is 13.2 Å². The van der Waals surface area contributed by atoms with E-state index in [2.05, 4.69) is 0 Å². The van der Waals surface area contributed by atoms with E-state index in [0.717, 1.165) is 0 Å². The van der Waals surface area contributed by atoms with Crippen molar-refractivity contribution in [3.63, 3.8) is 0 Å². The van der Waals surface area contributed by atoms with E-state index >= 15 is 0 Å². The second kappa shape index (κ2) is 15.6. The van der Waals surface area contributed by atoms with Crippen LogP contribution in [0.2, 0.25) is 0 Å². The van der Waals surface area contributed by atoms with Gasteiger partial charge in [-0.3, -0.25) is 0 Å². The molecule has 14 nitrogen and oxygen atoms in total. The molecule has 0 aromatic carbocycles. The summed E-state index contributed by atoms with van der Waals surface area (Å²) in [4.78, 5) is 10.3. The van der Waals surface area contributed by atoms with Crippen molar-refractivity contribution in [1.29, 1.82) is 0 Å². The van der Waals surface area contributed by atoms with Crippen molar-refractivity contribution in [2.75, 3.05) is 13.2 Å². The van der Waals surface area contributed by atoms with Crippen LogP contribution in [0.15, 0.2) is 0 Å². The van der Waals surface area contributed by atoms with Crippen LogP contribution in [-0.4, -0.2) is 132 Å². The molecule has 1 radical (unpaired) electrons. The van der Waals surface area contributed by atoms with Crippen molar-refractivity contribution < 1.29 is 88.6 Å². The van der Waals surface area contributed by atoms with Gasteiger partial charge in [0.15, 0.2) is 12.6 Å². The molecular weight excluding hydrogens is 424 g/mol. The van der Waals surface area contributed by atoms with Crippen molar-refractivity contribution in [2.45, 2.75) is 55.1 Å². The fraction of sp³-hybridized carbons (Fsp3) is 0.917. The van der Waals surface area contributed by atoms with Gasteiger partial charge >= 0.3 is 17.1 Å². The molecule has 11 N–H and O–H groups in total. The first-order valence-corrected chi connectivity index (χ1v) is 6.84. The number of aliphatic hydroxyl groups is 8. The first-order chi connectivity index (χ1) is 10.7. The van der Waals surface area contributed by atoms with E-state index in [9.17, 15) is 35.4 Å². The second-order valence-corrected chi connectivity index (χ2v) is 5.21. The molecule has 1 rings (SSSR count). The Kier molecular flexibility index (Phi) is 19.7. The summed E-state index contributed by atoms with van der Waals surface area (Å²) < 4.78 is 9.94. The first-order valence-electron chi connectivity index (χ1n) is 6.84. The average Bonchev–Trinajstić information content (AvgIpc) is 2.56. The Bertz CT molecular complexity index is 374. The molecule has 0 aromatic heterocycles. The summed E-state index contributed by atoms with van der Waals surface area (Å²) in [5.41, 5.74) is 0. The fourth-order valence-electron chi connectivity index (χ4n) is 2.01. The Morgan fingerprint density at radius 1 is 0.926 bits per heavy atom. The van der Waals surface area contributed by atoms with E-state index in [1.807, 2.05) is 0 Å². The zero-order valence-electron chi connectivity index (χ0n) is 13.7. The van der Waals surface area contributed by atoms with E-state index in [4.69, 9.17) is 19.7 Å². The van der Waals surface area contributed by atoms with Gasteiger partial charge in [-0.2, -0.15) is 0 Å². The molecule has 9 unspecified atom stereocenters. The molecule has 0 spiro atoms. The van der Waals surface area contributed by atoms with Crippen molar-refractivity contribution in [2.24, 2.45) is 0 Å². The normalized spacial score (nSPS) is 31.5. The van der Waals surface area contributed by atoms with E-state index in [0.29, 0.717) is 0 Å². The maximum atomic E-state index is 10.3. The molecule has 1 aliphatic heterocycles. The van der Waals surface area contributed by atoms with Crippen LogP contribution >= 0.6 is 0 Å². The average molecular weight is 449 g/mol. The molecule has 1 heterocycles. The van der Waals surface area contributed by atoms with Gasteiger partial charge in [-0.1, -0.05) is 0 Å². The first kappa shape index (κ1) is 34.2. The Morgan fingerprint density at radius 3 is 1.89 bits per heavy atom. The van der Waals surface area contributed by atoms with Gasteiger partial charge in [-0.05, 0) is 0 Å². The monoisotopic (exact) mass is 449 g/mol. The predicted octanol–water partition coefficient (Wildman–Crippen LogP) is -6.09. The molecule has 0 amide bonds. The molecule has 165 valence electrons. The number of hydrogen-bond donors (Lipinski definition) is 8. The Hall–Kier alpha value is -0.331. The molecule has 1 fully saturated rings. The Labute approximate surface area is 164 Å². The third-order valence-corrected chi connectivity index (χ3v) is 3.51. The van der Waals surface area contributed by atoms with Crippen LogP contribution in [0.1, 0.15) is 0 Å². The third-order valence-electron chi connectivity index (χ3n) is 3.51. The van der Waals surface area contributed by atoms with Crippen molar-refractivity contribution in [3.8, 4) is 0 Å². The molecule has 0 bridgehead atoms. The fourth-order valence-corrected chi connectivity index (χ4v) is 2.01. The van der Waals surface area contributed by atoms with Crippen LogP contribution in [0.5, 0.6) is 0 Å². The van der Waals surface area contributed by atoms with Crippen molar-refractivity contribution in [1.82, 2.24) is 0 Å². The van der Waals surface area contributed by atoms with Crippen molar-refractivity contribution >= 4 is 6.29 Å². The van der Waals surface area contributed by atoms with E-state index in [-0.39, 0.29) is 39.8 Å². The molecule has 9 atom stereocenters. The third kappa shape index (κ3) is 8.69. The molecule has 0 aliphatic carbocycles. The van der Waals surface area contributed by atoms with Gasteiger partial charge in [0.1, 0.15) is 48.8 Å². The minimum atomic E-state index is -1.96. The Balaban J connectivity index is -0.000000661. The number of ether oxygens (including phenoxy) is 2. The van der Waals surface area contributed by atoms with Gasteiger partial charge in [-0.25, -0.2) is 0 Å². The summed E-state index contributed by atoms with van der Waals surface area (Å²) in [5, 5.41) is 75.4. The number of carbonyl (C=O) groups is 1. The molecule has 15 heteroatoms. The largest absolute Gasteiger partial charge is 3.00 e. The number of rotatable bonds is 8. The molecule has 1 aliphatic rings. The molecule has 1 saturated heterocycles. The summed E-state index contributed by atoms with van der Waals surface area (Å²) in [6.07, 6.45) is -15.3. The zero-order valence-corrected chi connectivity index (χ0v) is 14.8. The van der Waals surface area contributed by atoms with Gasteiger partial charge in [0.25, 0.3) is 0 Å². The Morgan fingerprint density at radius 2 is 1.44 bits per heavy atom. The molecule has 27 heavy (non-hydrogen) atoms. The van der Waals surface area contributed by atoms with Gasteiger partial charge in [0, 0.05) is 0 Å². The standard InChI is InChI=1S/C12H22O11.Fe.3H2O/c13-1-4(15)7(17)8(18)5(16)3-22-12-11(21)10(20)9(19)6(2-14)23-12;;;;/h1,4-12,14-21H,2-3H2;;3*1H2/q;+3;;;/p-3. The maximum Gasteiger partial charge on any atom is 3.00 e. The summed E-state index contributed by atoms with van der Waals surface area (Å²) in [7, 11) is 0. The van der Waals surface area contributed by atoms with Crippen LogP contribution in [0.3, 0.4) is 0 Å². The number of aldehydes is 1. The van der Waals surface area contributed by atoms with Gasteiger partial charge in [-0.15, -0.1) is 0 Å². The molecule has 0 aromatic rings. The second-order valence-electron chi connectivity index (χ2n) is 5.21. The van der Waals surface area contributed by atoms with Gasteiger partial charge < -0.3 is 71.5 Å².